The lowest BCUT2D eigenvalue weighted by molar-refractivity contribution is 0.462. The molecule has 0 saturated carbocycles. The van der Waals surface area contributed by atoms with Crippen LogP contribution in [0.4, 0.5) is 0 Å². The molecule has 0 amide bonds. The predicted molar refractivity (Wildman–Crippen MR) is 80.6 cm³/mol. The van der Waals surface area contributed by atoms with Crippen LogP contribution < -0.4 is 10.5 Å². The fourth-order valence-electron chi connectivity index (χ4n) is 2.10. The Morgan fingerprint density at radius 1 is 1.25 bits per heavy atom. The van der Waals surface area contributed by atoms with E-state index in [-0.39, 0.29) is 5.84 Å². The molecule has 0 radical (unpaired) electrons. The molecule has 0 aliphatic carbocycles. The summed E-state index contributed by atoms with van der Waals surface area (Å²) in [6.07, 6.45) is 0. The van der Waals surface area contributed by atoms with Crippen LogP contribution in [0.5, 0.6) is 11.6 Å². The molecule has 0 unspecified atom stereocenters. The molecule has 0 bridgehead atoms. The summed E-state index contributed by atoms with van der Waals surface area (Å²) in [5.41, 5.74) is 8.34. The first-order valence-electron chi connectivity index (χ1n) is 6.57. The molecule has 2 rings (SSSR count). The molecule has 0 aliphatic rings. The Hall–Kier alpha value is -2.36. The van der Waals surface area contributed by atoms with E-state index in [2.05, 4.69) is 31.8 Å². The fourth-order valence-corrected chi connectivity index (χ4v) is 2.10. The van der Waals surface area contributed by atoms with Gasteiger partial charge < -0.3 is 10.5 Å². The molecule has 4 nitrogen and oxygen atoms in total. The van der Waals surface area contributed by atoms with E-state index in [1.165, 1.54) is 11.1 Å². The summed E-state index contributed by atoms with van der Waals surface area (Å²) in [5, 5.41) is 7.38. The summed E-state index contributed by atoms with van der Waals surface area (Å²) in [6.45, 7) is 6.41. The topological polar surface area (TPSA) is 72.0 Å². The number of nitrogens with one attached hydrogen (secondary N) is 1. The second kappa shape index (κ2) is 5.74. The normalized spacial score (nSPS) is 10.6. The lowest BCUT2D eigenvalue weighted by atomic mass is 9.98. The number of nitrogen functional groups attached to an aromatic ring is 1. The van der Waals surface area contributed by atoms with Crippen molar-refractivity contribution in [1.82, 2.24) is 4.98 Å². The van der Waals surface area contributed by atoms with Crippen molar-refractivity contribution < 1.29 is 4.74 Å². The number of amidine groups is 1. The van der Waals surface area contributed by atoms with Gasteiger partial charge in [-0.1, -0.05) is 26.0 Å². The third-order valence-corrected chi connectivity index (χ3v) is 3.09. The maximum atomic E-state index is 7.38. The maximum Gasteiger partial charge on any atom is 0.219 e. The number of aromatic nitrogens is 1. The zero-order valence-electron chi connectivity index (χ0n) is 12.0. The zero-order valence-corrected chi connectivity index (χ0v) is 12.0. The van der Waals surface area contributed by atoms with Crippen molar-refractivity contribution in [3.63, 3.8) is 0 Å². The third kappa shape index (κ3) is 3.15. The molecule has 0 atom stereocenters. The molecule has 2 aromatic rings. The van der Waals surface area contributed by atoms with Crippen LogP contribution in [-0.2, 0) is 0 Å². The highest BCUT2D eigenvalue weighted by Gasteiger charge is 2.07. The number of nitrogens with two attached hydrogens (primary N) is 1. The number of aryl methyl sites for hydroxylation is 1. The standard InChI is InChI=1S/C16H19N3O/c1-10(2)13-8-7-12(9-11(13)3)20-15-6-4-5-14(19-15)16(17)18/h4-10H,1-3H3,(H3,17,18). The summed E-state index contributed by atoms with van der Waals surface area (Å²) < 4.78 is 5.72. The minimum absolute atomic E-state index is 0.0678. The highest BCUT2D eigenvalue weighted by atomic mass is 16.5. The number of hydrogen-bond acceptors (Lipinski definition) is 3. The van der Waals surface area contributed by atoms with Crippen LogP contribution in [0.3, 0.4) is 0 Å². The van der Waals surface area contributed by atoms with E-state index in [1.54, 1.807) is 18.2 Å². The van der Waals surface area contributed by atoms with Crippen molar-refractivity contribution in [2.75, 3.05) is 0 Å². The Morgan fingerprint density at radius 2 is 2.00 bits per heavy atom. The lowest BCUT2D eigenvalue weighted by Crippen LogP contribution is -2.13. The van der Waals surface area contributed by atoms with Crippen molar-refractivity contribution in [3.05, 3.63) is 53.2 Å². The van der Waals surface area contributed by atoms with Gasteiger partial charge in [0.25, 0.3) is 0 Å². The Balaban J connectivity index is 2.24. The largest absolute Gasteiger partial charge is 0.439 e. The summed E-state index contributed by atoms with van der Waals surface area (Å²) in [4.78, 5) is 4.18. The molecule has 4 heteroatoms. The van der Waals surface area contributed by atoms with Gasteiger partial charge in [-0.25, -0.2) is 4.98 Å². The van der Waals surface area contributed by atoms with E-state index in [1.807, 2.05) is 12.1 Å². The van der Waals surface area contributed by atoms with Crippen LogP contribution in [0.15, 0.2) is 36.4 Å². The van der Waals surface area contributed by atoms with Gasteiger partial charge in [0.05, 0.1) is 0 Å². The molecule has 20 heavy (non-hydrogen) atoms. The smallest absolute Gasteiger partial charge is 0.219 e. The van der Waals surface area contributed by atoms with E-state index in [4.69, 9.17) is 15.9 Å². The SMILES string of the molecule is Cc1cc(Oc2cccc(C(=N)N)n2)ccc1C(C)C. The molecule has 0 saturated heterocycles. The minimum atomic E-state index is -0.0678. The van der Waals surface area contributed by atoms with Gasteiger partial charge in [-0.15, -0.1) is 0 Å². The summed E-state index contributed by atoms with van der Waals surface area (Å²) >= 11 is 0. The average molecular weight is 269 g/mol. The van der Waals surface area contributed by atoms with Crippen LogP contribution >= 0.6 is 0 Å². The predicted octanol–water partition coefficient (Wildman–Crippen LogP) is 3.59. The van der Waals surface area contributed by atoms with Gasteiger partial charge in [-0.3, -0.25) is 5.41 Å². The molecule has 0 fully saturated rings. The molecule has 0 spiro atoms. The summed E-state index contributed by atoms with van der Waals surface area (Å²) in [7, 11) is 0. The molecular weight excluding hydrogens is 250 g/mol. The second-order valence-corrected chi connectivity index (χ2v) is 5.05. The molecule has 1 aromatic carbocycles. The van der Waals surface area contributed by atoms with E-state index in [0.29, 0.717) is 17.5 Å². The average Bonchev–Trinajstić information content (AvgIpc) is 2.38. The van der Waals surface area contributed by atoms with Crippen molar-refractivity contribution in [2.45, 2.75) is 26.7 Å². The molecular formula is C16H19N3O. The van der Waals surface area contributed by atoms with Crippen LogP contribution in [0.25, 0.3) is 0 Å². The maximum absolute atomic E-state index is 7.38. The van der Waals surface area contributed by atoms with Gasteiger partial charge in [0.15, 0.2) is 0 Å². The quantitative estimate of drug-likeness (QED) is 0.658. The van der Waals surface area contributed by atoms with Gasteiger partial charge in [0.2, 0.25) is 5.88 Å². The molecule has 0 aliphatic heterocycles. The van der Waals surface area contributed by atoms with E-state index in [9.17, 15) is 0 Å². The monoisotopic (exact) mass is 269 g/mol. The third-order valence-electron chi connectivity index (χ3n) is 3.09. The van der Waals surface area contributed by atoms with Crippen LogP contribution in [0, 0.1) is 12.3 Å². The molecule has 104 valence electrons. The van der Waals surface area contributed by atoms with Crippen molar-refractivity contribution in [2.24, 2.45) is 5.73 Å². The number of benzene rings is 1. The molecule has 3 N–H and O–H groups in total. The van der Waals surface area contributed by atoms with Crippen molar-refractivity contribution in [3.8, 4) is 11.6 Å². The van der Waals surface area contributed by atoms with E-state index >= 15 is 0 Å². The van der Waals surface area contributed by atoms with Crippen LogP contribution in [0.2, 0.25) is 0 Å². The highest BCUT2D eigenvalue weighted by Crippen LogP contribution is 2.26. The number of nitrogens with zero attached hydrogens (tertiary/aromatic N) is 1. The molecule has 1 aromatic heterocycles. The van der Waals surface area contributed by atoms with E-state index in [0.717, 1.165) is 5.75 Å². The Labute approximate surface area is 119 Å². The Morgan fingerprint density at radius 3 is 2.60 bits per heavy atom. The van der Waals surface area contributed by atoms with Crippen LogP contribution in [-0.4, -0.2) is 10.8 Å². The van der Waals surface area contributed by atoms with Gasteiger partial charge in [-0.05, 0) is 42.2 Å². The lowest BCUT2D eigenvalue weighted by Gasteiger charge is -2.12. The summed E-state index contributed by atoms with van der Waals surface area (Å²) in [5.74, 6) is 1.60. The van der Waals surface area contributed by atoms with Gasteiger partial charge in [0, 0.05) is 6.07 Å². The van der Waals surface area contributed by atoms with Crippen LogP contribution in [0.1, 0.15) is 36.6 Å². The number of pyridine rings is 1. The van der Waals surface area contributed by atoms with Crippen molar-refractivity contribution >= 4 is 5.84 Å². The minimum Gasteiger partial charge on any atom is -0.439 e. The Kier molecular flexibility index (Phi) is 4.03. The summed E-state index contributed by atoms with van der Waals surface area (Å²) in [6, 6.07) is 11.2. The van der Waals surface area contributed by atoms with Gasteiger partial charge >= 0.3 is 0 Å². The number of hydrogen-bond donors (Lipinski definition) is 2. The fraction of sp³-hybridized carbons (Fsp3) is 0.250. The number of ether oxygens (including phenoxy) is 1. The Bertz CT molecular complexity index is 635. The zero-order chi connectivity index (χ0) is 14.7. The molecule has 1 heterocycles. The first-order chi connectivity index (χ1) is 9.47. The first-order valence-corrected chi connectivity index (χ1v) is 6.57. The first kappa shape index (κ1) is 14.1. The van der Waals surface area contributed by atoms with Crippen molar-refractivity contribution in [1.29, 1.82) is 5.41 Å². The number of rotatable bonds is 4. The highest BCUT2D eigenvalue weighted by molar-refractivity contribution is 5.93. The second-order valence-electron chi connectivity index (χ2n) is 5.05. The van der Waals surface area contributed by atoms with Gasteiger partial charge in [-0.2, -0.15) is 0 Å². The van der Waals surface area contributed by atoms with Gasteiger partial charge in [0.1, 0.15) is 17.3 Å². The van der Waals surface area contributed by atoms with E-state index < -0.39 is 0 Å².